The Morgan fingerprint density at radius 2 is 2.53 bits per heavy atom. The van der Waals surface area contributed by atoms with Gasteiger partial charge in [0.2, 0.25) is 0 Å². The van der Waals surface area contributed by atoms with Gasteiger partial charge in [-0.2, -0.15) is 11.8 Å². The van der Waals surface area contributed by atoms with Crippen LogP contribution in [0, 0.1) is 0 Å². The molecule has 0 saturated heterocycles. The molecule has 0 N–H and O–H groups in total. The van der Waals surface area contributed by atoms with Crippen LogP contribution in [0.5, 0.6) is 0 Å². The van der Waals surface area contributed by atoms with Crippen LogP contribution in [0.1, 0.15) is 18.2 Å². The predicted octanol–water partition coefficient (Wildman–Crippen LogP) is 2.98. The van der Waals surface area contributed by atoms with Gasteiger partial charge in [0.15, 0.2) is 4.47 Å². The summed E-state index contributed by atoms with van der Waals surface area (Å²) in [4.78, 5) is 16.0. The summed E-state index contributed by atoms with van der Waals surface area (Å²) in [7, 11) is 1.41. The van der Waals surface area contributed by atoms with E-state index in [0.717, 1.165) is 10.6 Å². The number of carbonyl (C=O) groups is 1. The lowest BCUT2D eigenvalue weighted by atomic mass is 10.3. The molecule has 0 bridgehead atoms. The molecule has 3 nitrogen and oxygen atoms in total. The van der Waals surface area contributed by atoms with Crippen molar-refractivity contribution in [1.82, 2.24) is 4.98 Å². The Morgan fingerprint density at radius 3 is 3.07 bits per heavy atom. The van der Waals surface area contributed by atoms with Gasteiger partial charge in [-0.3, -0.25) is 4.79 Å². The van der Waals surface area contributed by atoms with E-state index in [9.17, 15) is 4.79 Å². The number of rotatable bonds is 5. The molecule has 0 spiro atoms. The second kappa shape index (κ2) is 6.35. The van der Waals surface area contributed by atoms with Crippen LogP contribution >= 0.6 is 34.7 Å². The van der Waals surface area contributed by atoms with Gasteiger partial charge in [-0.15, -0.1) is 11.3 Å². The minimum atomic E-state index is -0.169. The van der Waals surface area contributed by atoms with Crippen LogP contribution in [0.15, 0.2) is 6.20 Å². The first kappa shape index (κ1) is 12.8. The normalized spacial score (nSPS) is 12.5. The highest BCUT2D eigenvalue weighted by Gasteiger charge is 2.10. The molecular weight excluding hydrogens is 254 g/mol. The van der Waals surface area contributed by atoms with E-state index in [4.69, 9.17) is 11.6 Å². The van der Waals surface area contributed by atoms with E-state index in [1.807, 2.05) is 6.92 Å². The minimum absolute atomic E-state index is 0.169. The number of thioether (sulfide) groups is 1. The van der Waals surface area contributed by atoms with Gasteiger partial charge in [0, 0.05) is 22.1 Å². The van der Waals surface area contributed by atoms with E-state index >= 15 is 0 Å². The number of hydrogen-bond donors (Lipinski definition) is 0. The Kier molecular flexibility index (Phi) is 5.42. The Morgan fingerprint density at radius 1 is 1.80 bits per heavy atom. The Labute approximate surface area is 102 Å². The molecule has 0 fully saturated rings. The van der Waals surface area contributed by atoms with Crippen molar-refractivity contribution in [2.75, 3.05) is 7.11 Å². The summed E-state index contributed by atoms with van der Waals surface area (Å²) < 4.78 is 5.16. The molecule has 1 unspecified atom stereocenters. The van der Waals surface area contributed by atoms with Crippen LogP contribution in [0.4, 0.5) is 0 Å². The maximum absolute atomic E-state index is 11.0. The predicted molar refractivity (Wildman–Crippen MR) is 64.5 cm³/mol. The van der Waals surface area contributed by atoms with E-state index in [1.54, 1.807) is 18.0 Å². The van der Waals surface area contributed by atoms with Crippen LogP contribution in [0.3, 0.4) is 0 Å². The molecular formula is C9H12ClNO2S2. The van der Waals surface area contributed by atoms with Crippen molar-refractivity contribution in [3.05, 3.63) is 15.5 Å². The first-order valence-corrected chi connectivity index (χ1v) is 6.64. The van der Waals surface area contributed by atoms with Crippen molar-refractivity contribution in [1.29, 1.82) is 0 Å². The van der Waals surface area contributed by atoms with Gasteiger partial charge in [0.1, 0.15) is 0 Å². The molecule has 84 valence electrons. The van der Waals surface area contributed by atoms with Gasteiger partial charge in [-0.25, -0.2) is 4.98 Å². The van der Waals surface area contributed by atoms with Gasteiger partial charge in [0.05, 0.1) is 13.5 Å². The maximum atomic E-state index is 11.0. The van der Waals surface area contributed by atoms with Crippen LogP contribution < -0.4 is 0 Å². The maximum Gasteiger partial charge on any atom is 0.306 e. The fourth-order valence-corrected chi connectivity index (χ4v) is 2.94. The van der Waals surface area contributed by atoms with Gasteiger partial charge in [-0.05, 0) is 0 Å². The Bertz CT molecular complexity index is 330. The zero-order valence-electron chi connectivity index (χ0n) is 8.53. The van der Waals surface area contributed by atoms with E-state index in [1.165, 1.54) is 18.4 Å². The van der Waals surface area contributed by atoms with Gasteiger partial charge in [0.25, 0.3) is 0 Å². The van der Waals surface area contributed by atoms with Crippen molar-refractivity contribution < 1.29 is 9.53 Å². The first-order chi connectivity index (χ1) is 7.11. The standard InChI is InChI=1S/C9H12ClNO2S2/c1-6(3-8(12)13-2)14-5-7-4-11-9(10)15-7/h4,6H,3,5H2,1-2H3. The second-order valence-electron chi connectivity index (χ2n) is 2.98. The number of thiazole rings is 1. The molecule has 0 saturated carbocycles. The molecule has 15 heavy (non-hydrogen) atoms. The average molecular weight is 266 g/mol. The molecule has 1 rings (SSSR count). The minimum Gasteiger partial charge on any atom is -0.469 e. The summed E-state index contributed by atoms with van der Waals surface area (Å²) in [5.41, 5.74) is 0. The van der Waals surface area contributed by atoms with Gasteiger partial charge < -0.3 is 4.74 Å². The zero-order valence-corrected chi connectivity index (χ0v) is 10.9. The van der Waals surface area contributed by atoms with Crippen molar-refractivity contribution in [2.24, 2.45) is 0 Å². The molecule has 1 aromatic rings. The third-order valence-electron chi connectivity index (χ3n) is 1.72. The SMILES string of the molecule is COC(=O)CC(C)SCc1cnc(Cl)s1. The van der Waals surface area contributed by atoms with Gasteiger partial charge >= 0.3 is 5.97 Å². The Hall–Kier alpha value is -0.260. The van der Waals surface area contributed by atoms with Crippen molar-refractivity contribution in [3.63, 3.8) is 0 Å². The van der Waals surface area contributed by atoms with Crippen LogP contribution in [-0.2, 0) is 15.3 Å². The summed E-state index contributed by atoms with van der Waals surface area (Å²) >= 11 is 8.88. The third-order valence-corrected chi connectivity index (χ3v) is 4.23. The van der Waals surface area contributed by atoms with Crippen LogP contribution in [0.25, 0.3) is 0 Å². The molecule has 1 aromatic heterocycles. The lowest BCUT2D eigenvalue weighted by molar-refractivity contribution is -0.140. The van der Waals surface area contributed by atoms with Crippen LogP contribution in [-0.4, -0.2) is 23.3 Å². The number of methoxy groups -OCH3 is 1. The monoisotopic (exact) mass is 265 g/mol. The lowest BCUT2D eigenvalue weighted by Crippen LogP contribution is -2.08. The highest BCUT2D eigenvalue weighted by molar-refractivity contribution is 7.99. The van der Waals surface area contributed by atoms with Gasteiger partial charge in [-0.1, -0.05) is 18.5 Å². The van der Waals surface area contributed by atoms with Crippen molar-refractivity contribution in [2.45, 2.75) is 24.3 Å². The number of aromatic nitrogens is 1. The third kappa shape index (κ3) is 4.86. The average Bonchev–Trinajstić information content (AvgIpc) is 2.61. The lowest BCUT2D eigenvalue weighted by Gasteiger charge is -2.07. The van der Waals surface area contributed by atoms with Crippen molar-refractivity contribution in [3.8, 4) is 0 Å². The topological polar surface area (TPSA) is 39.2 Å². The highest BCUT2D eigenvalue weighted by Crippen LogP contribution is 2.25. The quantitative estimate of drug-likeness (QED) is 0.768. The number of nitrogens with zero attached hydrogens (tertiary/aromatic N) is 1. The number of ether oxygens (including phenoxy) is 1. The number of hydrogen-bond acceptors (Lipinski definition) is 5. The fraction of sp³-hybridized carbons (Fsp3) is 0.556. The fourth-order valence-electron chi connectivity index (χ4n) is 0.952. The van der Waals surface area contributed by atoms with Crippen LogP contribution in [0.2, 0.25) is 4.47 Å². The van der Waals surface area contributed by atoms with E-state index in [0.29, 0.717) is 10.9 Å². The van der Waals surface area contributed by atoms with E-state index < -0.39 is 0 Å². The molecule has 1 atom stereocenters. The molecule has 1 heterocycles. The zero-order chi connectivity index (χ0) is 11.3. The van der Waals surface area contributed by atoms with E-state index in [-0.39, 0.29) is 11.2 Å². The smallest absolute Gasteiger partial charge is 0.306 e. The summed E-state index contributed by atoms with van der Waals surface area (Å²) in [6, 6.07) is 0. The molecule has 0 radical (unpaired) electrons. The summed E-state index contributed by atoms with van der Waals surface area (Å²) in [5.74, 6) is 0.667. The summed E-state index contributed by atoms with van der Waals surface area (Å²) in [5, 5.41) is 0.248. The summed E-state index contributed by atoms with van der Waals surface area (Å²) in [6.07, 6.45) is 2.21. The second-order valence-corrected chi connectivity index (χ2v) is 6.11. The van der Waals surface area contributed by atoms with E-state index in [2.05, 4.69) is 9.72 Å². The Balaban J connectivity index is 2.28. The molecule has 0 aliphatic heterocycles. The molecule has 0 aliphatic rings. The number of halogens is 1. The number of esters is 1. The number of carbonyl (C=O) groups excluding carboxylic acids is 1. The molecule has 0 amide bonds. The van der Waals surface area contributed by atoms with Crippen molar-refractivity contribution >= 4 is 40.7 Å². The molecule has 0 aliphatic carbocycles. The molecule has 6 heteroatoms. The summed E-state index contributed by atoms with van der Waals surface area (Å²) in [6.45, 7) is 2.00. The first-order valence-electron chi connectivity index (χ1n) is 4.40. The highest BCUT2D eigenvalue weighted by atomic mass is 35.5. The largest absolute Gasteiger partial charge is 0.469 e. The molecule has 0 aromatic carbocycles.